The zero-order valence-corrected chi connectivity index (χ0v) is 9.13. The molecule has 1 aliphatic rings. The van der Waals surface area contributed by atoms with Crippen molar-refractivity contribution in [3.8, 4) is 0 Å². The van der Waals surface area contributed by atoms with Crippen LogP contribution in [0.15, 0.2) is 18.2 Å². The molecule has 0 amide bonds. The van der Waals surface area contributed by atoms with E-state index in [0.717, 1.165) is 31.5 Å². The van der Waals surface area contributed by atoms with Gasteiger partial charge in [0.1, 0.15) is 0 Å². The lowest BCUT2D eigenvalue weighted by atomic mass is 10.1. The summed E-state index contributed by atoms with van der Waals surface area (Å²) in [7, 11) is 0. The summed E-state index contributed by atoms with van der Waals surface area (Å²) in [5.41, 5.74) is 6.66. The zero-order valence-electron chi connectivity index (χ0n) is 9.13. The van der Waals surface area contributed by atoms with Crippen LogP contribution in [0.5, 0.6) is 0 Å². The molecule has 1 aromatic rings. The van der Waals surface area contributed by atoms with Crippen molar-refractivity contribution in [2.75, 3.05) is 13.1 Å². The number of nitrogens with zero attached hydrogens (tertiary/aromatic N) is 1. The number of likely N-dealkylation sites (tertiary alicyclic amines) is 1. The maximum atomic E-state index is 13.0. The van der Waals surface area contributed by atoms with Gasteiger partial charge < -0.3 is 5.73 Å². The van der Waals surface area contributed by atoms with E-state index < -0.39 is 11.6 Å². The largest absolute Gasteiger partial charge is 0.327 e. The molecule has 0 aliphatic carbocycles. The molecule has 1 saturated heterocycles. The van der Waals surface area contributed by atoms with Crippen LogP contribution in [0.1, 0.15) is 18.4 Å². The van der Waals surface area contributed by atoms with Crippen LogP contribution < -0.4 is 5.73 Å². The van der Waals surface area contributed by atoms with Crippen LogP contribution in [0, 0.1) is 11.6 Å². The minimum absolute atomic E-state index is 0.207. The Kier molecular flexibility index (Phi) is 3.51. The van der Waals surface area contributed by atoms with Crippen molar-refractivity contribution in [1.82, 2.24) is 4.90 Å². The van der Waals surface area contributed by atoms with E-state index in [-0.39, 0.29) is 6.04 Å². The SMILES string of the molecule is N[C@@H]1CCCN(Cc2ccc(F)c(F)c2)C1. The van der Waals surface area contributed by atoms with Gasteiger partial charge in [-0.15, -0.1) is 0 Å². The zero-order chi connectivity index (χ0) is 11.5. The number of nitrogens with two attached hydrogens (primary N) is 1. The van der Waals surface area contributed by atoms with E-state index in [0.29, 0.717) is 6.54 Å². The predicted octanol–water partition coefficient (Wildman–Crippen LogP) is 1.89. The van der Waals surface area contributed by atoms with Gasteiger partial charge in [-0.2, -0.15) is 0 Å². The fourth-order valence-electron chi connectivity index (χ4n) is 2.13. The highest BCUT2D eigenvalue weighted by atomic mass is 19.2. The summed E-state index contributed by atoms with van der Waals surface area (Å²) in [5, 5.41) is 0. The molecule has 0 spiro atoms. The van der Waals surface area contributed by atoms with E-state index in [2.05, 4.69) is 4.90 Å². The van der Waals surface area contributed by atoms with Crippen LogP contribution in [-0.4, -0.2) is 24.0 Å². The molecule has 4 heteroatoms. The second-order valence-electron chi connectivity index (χ2n) is 4.39. The normalized spacial score (nSPS) is 22.3. The number of benzene rings is 1. The molecule has 0 saturated carbocycles. The Hall–Kier alpha value is -1.00. The topological polar surface area (TPSA) is 29.3 Å². The van der Waals surface area contributed by atoms with Crippen molar-refractivity contribution in [2.24, 2.45) is 5.73 Å². The van der Waals surface area contributed by atoms with Gasteiger partial charge in [0.15, 0.2) is 11.6 Å². The number of hydrogen-bond acceptors (Lipinski definition) is 2. The highest BCUT2D eigenvalue weighted by molar-refractivity contribution is 5.17. The van der Waals surface area contributed by atoms with E-state index >= 15 is 0 Å². The van der Waals surface area contributed by atoms with Gasteiger partial charge in [-0.1, -0.05) is 6.07 Å². The molecule has 0 unspecified atom stereocenters. The summed E-state index contributed by atoms with van der Waals surface area (Å²) in [5.74, 6) is -1.57. The van der Waals surface area contributed by atoms with Crippen molar-refractivity contribution in [3.63, 3.8) is 0 Å². The molecular weight excluding hydrogens is 210 g/mol. The van der Waals surface area contributed by atoms with Gasteiger partial charge >= 0.3 is 0 Å². The van der Waals surface area contributed by atoms with E-state index in [9.17, 15) is 8.78 Å². The van der Waals surface area contributed by atoms with Gasteiger partial charge in [0.2, 0.25) is 0 Å². The smallest absolute Gasteiger partial charge is 0.159 e. The average molecular weight is 226 g/mol. The summed E-state index contributed by atoms with van der Waals surface area (Å²) in [6.45, 7) is 2.45. The van der Waals surface area contributed by atoms with Gasteiger partial charge in [0.05, 0.1) is 0 Å². The molecule has 2 N–H and O–H groups in total. The van der Waals surface area contributed by atoms with Crippen LogP contribution in [0.2, 0.25) is 0 Å². The Morgan fingerprint density at radius 1 is 1.31 bits per heavy atom. The highest BCUT2D eigenvalue weighted by Gasteiger charge is 2.16. The number of rotatable bonds is 2. The van der Waals surface area contributed by atoms with Crippen molar-refractivity contribution in [2.45, 2.75) is 25.4 Å². The maximum absolute atomic E-state index is 13.0. The first-order valence-corrected chi connectivity index (χ1v) is 5.57. The van der Waals surface area contributed by atoms with E-state index in [1.165, 1.54) is 12.1 Å². The molecule has 88 valence electrons. The minimum atomic E-state index is -0.793. The number of hydrogen-bond donors (Lipinski definition) is 1. The molecule has 1 fully saturated rings. The van der Waals surface area contributed by atoms with Crippen molar-refractivity contribution < 1.29 is 8.78 Å². The molecule has 1 aromatic carbocycles. The first kappa shape index (κ1) is 11.5. The molecular formula is C12H16F2N2. The van der Waals surface area contributed by atoms with Crippen LogP contribution in [0.3, 0.4) is 0 Å². The summed E-state index contributed by atoms with van der Waals surface area (Å²) in [6, 6.07) is 4.27. The van der Waals surface area contributed by atoms with Crippen molar-refractivity contribution >= 4 is 0 Å². The third-order valence-corrected chi connectivity index (χ3v) is 2.93. The average Bonchev–Trinajstić information content (AvgIpc) is 2.24. The quantitative estimate of drug-likeness (QED) is 0.834. The Bertz CT molecular complexity index is 368. The van der Waals surface area contributed by atoms with E-state index in [4.69, 9.17) is 5.73 Å². The van der Waals surface area contributed by atoms with Gasteiger partial charge in [-0.05, 0) is 37.1 Å². The molecule has 0 aromatic heterocycles. The molecule has 16 heavy (non-hydrogen) atoms. The summed E-state index contributed by atoms with van der Waals surface area (Å²) in [4.78, 5) is 2.18. The third kappa shape index (κ3) is 2.77. The lowest BCUT2D eigenvalue weighted by Crippen LogP contribution is -2.42. The number of piperidine rings is 1. The molecule has 0 radical (unpaired) electrons. The van der Waals surface area contributed by atoms with E-state index in [1.807, 2.05) is 0 Å². The van der Waals surface area contributed by atoms with Crippen LogP contribution >= 0.6 is 0 Å². The predicted molar refractivity (Wildman–Crippen MR) is 58.8 cm³/mol. The fourth-order valence-corrected chi connectivity index (χ4v) is 2.13. The fraction of sp³-hybridized carbons (Fsp3) is 0.500. The second-order valence-corrected chi connectivity index (χ2v) is 4.39. The number of halogens is 2. The molecule has 2 nitrogen and oxygen atoms in total. The molecule has 1 aliphatic heterocycles. The van der Waals surface area contributed by atoms with Gasteiger partial charge in [0, 0.05) is 19.1 Å². The van der Waals surface area contributed by atoms with Gasteiger partial charge in [-0.25, -0.2) is 8.78 Å². The Balaban J connectivity index is 2.00. The van der Waals surface area contributed by atoms with E-state index in [1.54, 1.807) is 6.07 Å². The van der Waals surface area contributed by atoms with Gasteiger partial charge in [0.25, 0.3) is 0 Å². The van der Waals surface area contributed by atoms with Gasteiger partial charge in [-0.3, -0.25) is 4.90 Å². The highest BCUT2D eigenvalue weighted by Crippen LogP contribution is 2.14. The lowest BCUT2D eigenvalue weighted by molar-refractivity contribution is 0.201. The summed E-state index contributed by atoms with van der Waals surface area (Å²) in [6.07, 6.45) is 2.12. The minimum Gasteiger partial charge on any atom is -0.327 e. The standard InChI is InChI=1S/C12H16F2N2/c13-11-4-3-9(6-12(11)14)7-16-5-1-2-10(15)8-16/h3-4,6,10H,1-2,5,7-8,15H2/t10-/m1/s1. The molecule has 2 rings (SSSR count). The summed E-state index contributed by atoms with van der Waals surface area (Å²) >= 11 is 0. The first-order valence-electron chi connectivity index (χ1n) is 5.57. The third-order valence-electron chi connectivity index (χ3n) is 2.93. The lowest BCUT2D eigenvalue weighted by Gasteiger charge is -2.30. The molecule has 0 bridgehead atoms. The van der Waals surface area contributed by atoms with Crippen LogP contribution in [0.4, 0.5) is 8.78 Å². The van der Waals surface area contributed by atoms with Crippen LogP contribution in [0.25, 0.3) is 0 Å². The molecule has 1 heterocycles. The Morgan fingerprint density at radius 2 is 2.12 bits per heavy atom. The summed E-state index contributed by atoms with van der Waals surface area (Å²) < 4.78 is 25.7. The Labute approximate surface area is 94.0 Å². The van der Waals surface area contributed by atoms with Crippen molar-refractivity contribution in [1.29, 1.82) is 0 Å². The monoisotopic (exact) mass is 226 g/mol. The first-order chi connectivity index (χ1) is 7.65. The second kappa shape index (κ2) is 4.89. The maximum Gasteiger partial charge on any atom is 0.159 e. The Morgan fingerprint density at radius 3 is 2.81 bits per heavy atom. The van der Waals surface area contributed by atoms with Crippen molar-refractivity contribution in [3.05, 3.63) is 35.4 Å². The van der Waals surface area contributed by atoms with Crippen LogP contribution in [-0.2, 0) is 6.54 Å². The molecule has 1 atom stereocenters.